The van der Waals surface area contributed by atoms with Crippen LogP contribution >= 0.6 is 7.82 Å². The number of unbranched alkanes of at least 4 members (excludes halogenated alkanes) is 32. The first-order chi connectivity index (χ1) is 37.4. The van der Waals surface area contributed by atoms with Gasteiger partial charge in [0.1, 0.15) is 19.3 Å². The van der Waals surface area contributed by atoms with E-state index in [1.807, 2.05) is 33.3 Å². The zero-order valence-electron chi connectivity index (χ0n) is 51.2. The van der Waals surface area contributed by atoms with Crippen molar-refractivity contribution in [2.24, 2.45) is 0 Å². The first kappa shape index (κ1) is 74.5. The molecule has 2 N–H and O–H groups in total. The van der Waals surface area contributed by atoms with Gasteiger partial charge in [0.2, 0.25) is 5.91 Å². The Hall–Kier alpha value is -2.55. The Morgan fingerprint density at radius 2 is 0.792 bits per heavy atom. The SMILES string of the molecule is CCCCC/C=C\C/C=C\C/C=C\CCCCCCCCCCC(=O)OC(/C=C/CCCCCCCCCCCCC)C(COP(=O)(O)OCC[N+](C)(C)C)NC(=O)CCCCCCCCC/C=C\C/C=C\CCCCC. The Kier molecular flexibility index (Phi) is 54.8. The second kappa shape index (κ2) is 56.7. The van der Waals surface area contributed by atoms with Crippen LogP contribution in [0.15, 0.2) is 72.9 Å². The van der Waals surface area contributed by atoms with Crippen molar-refractivity contribution in [2.45, 2.75) is 303 Å². The number of hydrogen-bond acceptors (Lipinski definition) is 6. The molecule has 0 aliphatic rings. The molecule has 0 fully saturated rings. The fourth-order valence-electron chi connectivity index (χ4n) is 9.10. The summed E-state index contributed by atoms with van der Waals surface area (Å²) in [5, 5.41) is 3.06. The molecule has 0 aliphatic carbocycles. The topological polar surface area (TPSA) is 111 Å². The molecule has 0 spiro atoms. The maximum absolute atomic E-state index is 13.6. The number of allylic oxidation sites excluding steroid dienone is 11. The highest BCUT2D eigenvalue weighted by Crippen LogP contribution is 2.43. The third kappa shape index (κ3) is 57.9. The molecule has 0 aromatic carbocycles. The highest BCUT2D eigenvalue weighted by Gasteiger charge is 2.30. The van der Waals surface area contributed by atoms with Crippen LogP contribution in [0.5, 0.6) is 0 Å². The van der Waals surface area contributed by atoms with E-state index in [1.165, 1.54) is 154 Å². The molecule has 1 amide bonds. The number of amides is 1. The number of likely N-dealkylation sites (N-methyl/N-ethyl adjacent to an activating group) is 1. The molecular formula is C67H124N2O7P+. The molecule has 0 aromatic heterocycles. The molecule has 0 heterocycles. The molecular weight excluding hydrogens is 976 g/mol. The Balaban J connectivity index is 5.27. The third-order valence-corrected chi connectivity index (χ3v) is 15.1. The summed E-state index contributed by atoms with van der Waals surface area (Å²) < 4.78 is 30.7. The lowest BCUT2D eigenvalue weighted by molar-refractivity contribution is -0.870. The Morgan fingerprint density at radius 3 is 1.21 bits per heavy atom. The van der Waals surface area contributed by atoms with Crippen molar-refractivity contribution in [3.63, 3.8) is 0 Å². The number of nitrogens with one attached hydrogen (secondary N) is 1. The van der Waals surface area contributed by atoms with Gasteiger partial charge in [-0.05, 0) is 102 Å². The molecule has 3 atom stereocenters. The van der Waals surface area contributed by atoms with E-state index in [9.17, 15) is 19.0 Å². The molecule has 448 valence electrons. The molecule has 0 saturated heterocycles. The van der Waals surface area contributed by atoms with Gasteiger partial charge in [-0.15, -0.1) is 0 Å². The Bertz CT molecular complexity index is 1550. The minimum atomic E-state index is -4.46. The van der Waals surface area contributed by atoms with Gasteiger partial charge in [-0.1, -0.05) is 248 Å². The second-order valence-electron chi connectivity index (χ2n) is 22.9. The molecule has 0 saturated carbocycles. The highest BCUT2D eigenvalue weighted by molar-refractivity contribution is 7.47. The van der Waals surface area contributed by atoms with Crippen LogP contribution in [0.3, 0.4) is 0 Å². The summed E-state index contributed by atoms with van der Waals surface area (Å²) in [5.74, 6) is -0.518. The van der Waals surface area contributed by atoms with Crippen LogP contribution in [-0.2, 0) is 27.9 Å². The van der Waals surface area contributed by atoms with Crippen LogP contribution in [0.4, 0.5) is 0 Å². The third-order valence-electron chi connectivity index (χ3n) is 14.1. The lowest BCUT2D eigenvalue weighted by Gasteiger charge is -2.27. The zero-order chi connectivity index (χ0) is 56.4. The molecule has 0 radical (unpaired) electrons. The monoisotopic (exact) mass is 1100 g/mol. The van der Waals surface area contributed by atoms with E-state index in [4.69, 9.17) is 13.8 Å². The van der Waals surface area contributed by atoms with Crippen LogP contribution < -0.4 is 5.32 Å². The number of carbonyl (C=O) groups excluding carboxylic acids is 2. The summed E-state index contributed by atoms with van der Waals surface area (Å²) in [4.78, 5) is 37.8. The Labute approximate surface area is 476 Å². The molecule has 9 nitrogen and oxygen atoms in total. The number of esters is 1. The van der Waals surface area contributed by atoms with E-state index in [0.717, 1.165) is 103 Å². The summed E-state index contributed by atoms with van der Waals surface area (Å²) in [7, 11) is 1.48. The number of quaternary nitrogens is 1. The van der Waals surface area contributed by atoms with E-state index >= 15 is 0 Å². The van der Waals surface area contributed by atoms with Crippen molar-refractivity contribution < 1.29 is 37.3 Å². The summed E-state index contributed by atoms with van der Waals surface area (Å²) in [6.07, 6.45) is 73.2. The van der Waals surface area contributed by atoms with E-state index in [2.05, 4.69) is 86.8 Å². The highest BCUT2D eigenvalue weighted by atomic mass is 31.2. The van der Waals surface area contributed by atoms with Gasteiger partial charge in [-0.25, -0.2) is 4.57 Å². The van der Waals surface area contributed by atoms with Gasteiger partial charge in [-0.2, -0.15) is 0 Å². The van der Waals surface area contributed by atoms with Gasteiger partial charge in [-0.3, -0.25) is 18.6 Å². The molecule has 77 heavy (non-hydrogen) atoms. The lowest BCUT2D eigenvalue weighted by atomic mass is 10.0. The molecule has 3 unspecified atom stereocenters. The van der Waals surface area contributed by atoms with Crippen LogP contribution in [0.1, 0.15) is 290 Å². The fourth-order valence-corrected chi connectivity index (χ4v) is 9.83. The quantitative estimate of drug-likeness (QED) is 0.0205. The predicted molar refractivity (Wildman–Crippen MR) is 332 cm³/mol. The van der Waals surface area contributed by atoms with Gasteiger partial charge in [0.15, 0.2) is 0 Å². The average molecular weight is 1100 g/mol. The van der Waals surface area contributed by atoms with Gasteiger partial charge in [0.25, 0.3) is 0 Å². The number of hydrogen-bond donors (Lipinski definition) is 2. The molecule has 10 heteroatoms. The minimum absolute atomic E-state index is 0.0353. The van der Waals surface area contributed by atoms with Gasteiger partial charge in [0, 0.05) is 12.8 Å². The number of carbonyl (C=O) groups is 2. The van der Waals surface area contributed by atoms with E-state index in [0.29, 0.717) is 17.4 Å². The first-order valence-electron chi connectivity index (χ1n) is 32.3. The van der Waals surface area contributed by atoms with Crippen LogP contribution in [0.25, 0.3) is 0 Å². The van der Waals surface area contributed by atoms with Crippen LogP contribution in [0, 0.1) is 0 Å². The average Bonchev–Trinajstić information content (AvgIpc) is 3.39. The second-order valence-corrected chi connectivity index (χ2v) is 24.4. The largest absolute Gasteiger partial charge is 0.472 e. The summed E-state index contributed by atoms with van der Waals surface area (Å²) in [5.41, 5.74) is 0. The summed E-state index contributed by atoms with van der Waals surface area (Å²) in [6, 6.07) is -0.858. The van der Waals surface area contributed by atoms with E-state index in [1.54, 1.807) is 0 Å². The van der Waals surface area contributed by atoms with Crippen molar-refractivity contribution in [2.75, 3.05) is 40.9 Å². The predicted octanol–water partition coefficient (Wildman–Crippen LogP) is 20.0. The van der Waals surface area contributed by atoms with Crippen molar-refractivity contribution in [1.29, 1.82) is 0 Å². The smallest absolute Gasteiger partial charge is 0.456 e. The number of phosphoric ester groups is 1. The summed E-state index contributed by atoms with van der Waals surface area (Å²) in [6.45, 7) is 6.97. The van der Waals surface area contributed by atoms with Gasteiger partial charge < -0.3 is 19.4 Å². The zero-order valence-corrected chi connectivity index (χ0v) is 52.1. The lowest BCUT2D eigenvalue weighted by Crippen LogP contribution is -2.47. The normalized spacial score (nSPS) is 14.1. The maximum atomic E-state index is 13.6. The van der Waals surface area contributed by atoms with Crippen molar-refractivity contribution in [3.8, 4) is 0 Å². The number of ether oxygens (including phenoxy) is 1. The summed E-state index contributed by atoms with van der Waals surface area (Å²) >= 11 is 0. The number of nitrogens with zero attached hydrogens (tertiary/aromatic N) is 1. The van der Waals surface area contributed by atoms with Crippen molar-refractivity contribution in [3.05, 3.63) is 72.9 Å². The first-order valence-corrected chi connectivity index (χ1v) is 33.8. The number of phosphoric acid groups is 1. The molecule has 0 bridgehead atoms. The number of rotatable bonds is 58. The Morgan fingerprint density at radius 1 is 0.455 bits per heavy atom. The maximum Gasteiger partial charge on any atom is 0.472 e. The molecule has 0 aliphatic heterocycles. The van der Waals surface area contributed by atoms with Crippen molar-refractivity contribution >= 4 is 19.7 Å². The van der Waals surface area contributed by atoms with Crippen LogP contribution in [-0.4, -0.2) is 74.3 Å². The van der Waals surface area contributed by atoms with E-state index in [-0.39, 0.29) is 31.5 Å². The fraction of sp³-hybridized carbons (Fsp3) is 0.791. The van der Waals surface area contributed by atoms with Crippen molar-refractivity contribution in [1.82, 2.24) is 5.32 Å². The standard InChI is InChI=1S/C67H123N2O7P/c1-7-10-13-16-19-22-25-28-30-32-33-34-35-37-39-42-45-48-51-54-57-60-67(71)76-65(58-55-52-49-46-43-40-27-24-21-18-15-12-9-3)64(63-75-77(72,73)74-62-61-69(4,5)6)68-66(70)59-56-53-50-47-44-41-38-36-31-29-26-23-20-17-14-11-8-2/h19-20,22-23,28-31,33-34,55,58,64-65H,7-18,21,24-27,32,35-54,56-57,59-63H2,1-6H3,(H-,68,70,72,73)/p+1/b22-19-,23-20-,30-28-,31-29-,34-33-,58-55+. The van der Waals surface area contributed by atoms with E-state index < -0.39 is 20.0 Å². The van der Waals surface area contributed by atoms with Gasteiger partial charge >= 0.3 is 13.8 Å². The van der Waals surface area contributed by atoms with Crippen LogP contribution in [0.2, 0.25) is 0 Å². The minimum Gasteiger partial charge on any atom is -0.456 e. The molecule has 0 rings (SSSR count). The molecule has 0 aromatic rings. The van der Waals surface area contributed by atoms with Gasteiger partial charge in [0.05, 0.1) is 33.8 Å².